The summed E-state index contributed by atoms with van der Waals surface area (Å²) in [6, 6.07) is 14.5. The lowest BCUT2D eigenvalue weighted by molar-refractivity contribution is 0.607. The van der Waals surface area contributed by atoms with E-state index in [0.717, 1.165) is 5.56 Å². The van der Waals surface area contributed by atoms with E-state index in [1.807, 2.05) is 6.92 Å². The first-order valence-electron chi connectivity index (χ1n) is 9.77. The van der Waals surface area contributed by atoms with Crippen LogP contribution in [0.3, 0.4) is 0 Å². The zero-order chi connectivity index (χ0) is 21.5. The zero-order valence-corrected chi connectivity index (χ0v) is 16.6. The second kappa shape index (κ2) is 7.28. The molecule has 0 saturated heterocycles. The van der Waals surface area contributed by atoms with Gasteiger partial charge < -0.3 is 4.57 Å². The van der Waals surface area contributed by atoms with Gasteiger partial charge in [0, 0.05) is 30.2 Å². The standard InChI is InChI=1S/C24H17FN4O2/c1-15(16-5-7-17(25)8-6-16)28-12-9-18-19(23(28)30)14-27-20-10-13-29(24(31)22(18)20)21-4-2-3-11-26-21/h2-15H,1H3. The van der Waals surface area contributed by atoms with Crippen molar-refractivity contribution in [1.29, 1.82) is 0 Å². The molecule has 4 heterocycles. The number of nitrogens with zero attached hydrogens (tertiary/aromatic N) is 4. The number of pyridine rings is 4. The second-order valence-corrected chi connectivity index (χ2v) is 7.28. The molecule has 5 rings (SSSR count). The van der Waals surface area contributed by atoms with Crippen molar-refractivity contribution in [1.82, 2.24) is 19.1 Å². The van der Waals surface area contributed by atoms with Crippen LogP contribution >= 0.6 is 0 Å². The summed E-state index contributed by atoms with van der Waals surface area (Å²) in [6.45, 7) is 1.86. The van der Waals surface area contributed by atoms with Gasteiger partial charge in [-0.2, -0.15) is 0 Å². The molecule has 1 atom stereocenters. The van der Waals surface area contributed by atoms with Crippen LogP contribution in [0.2, 0.25) is 0 Å². The number of hydrogen-bond donors (Lipinski definition) is 0. The molecule has 4 aromatic heterocycles. The Hall–Kier alpha value is -4.13. The monoisotopic (exact) mass is 412 g/mol. The smallest absolute Gasteiger partial charge is 0.266 e. The Labute approximate surface area is 175 Å². The summed E-state index contributed by atoms with van der Waals surface area (Å²) in [5.74, 6) is 0.159. The maximum absolute atomic E-state index is 13.3. The second-order valence-electron chi connectivity index (χ2n) is 7.28. The Morgan fingerprint density at radius 1 is 0.871 bits per heavy atom. The molecular formula is C24H17FN4O2. The SMILES string of the molecule is CC(c1ccc(F)cc1)n1ccc2c(cnc3ccn(-c4ccccn4)c(=O)c32)c1=O. The van der Waals surface area contributed by atoms with Crippen LogP contribution in [-0.2, 0) is 0 Å². The number of aromatic nitrogens is 4. The topological polar surface area (TPSA) is 69.8 Å². The first-order chi connectivity index (χ1) is 15.0. The molecule has 31 heavy (non-hydrogen) atoms. The Bertz CT molecular complexity index is 1540. The lowest BCUT2D eigenvalue weighted by Gasteiger charge is -2.16. The Balaban J connectivity index is 1.73. The van der Waals surface area contributed by atoms with Gasteiger partial charge in [-0.05, 0) is 48.9 Å². The lowest BCUT2D eigenvalue weighted by atomic mass is 10.1. The van der Waals surface area contributed by atoms with Crippen LogP contribution in [0.1, 0.15) is 18.5 Å². The summed E-state index contributed by atoms with van der Waals surface area (Å²) in [6.07, 6.45) is 6.40. The normalized spacial score (nSPS) is 12.3. The van der Waals surface area contributed by atoms with E-state index in [-0.39, 0.29) is 23.0 Å². The van der Waals surface area contributed by atoms with Crippen molar-refractivity contribution < 1.29 is 4.39 Å². The minimum absolute atomic E-state index is 0.267. The molecule has 0 radical (unpaired) electrons. The third-order valence-corrected chi connectivity index (χ3v) is 5.50. The van der Waals surface area contributed by atoms with Gasteiger partial charge in [-0.15, -0.1) is 0 Å². The largest absolute Gasteiger partial charge is 0.308 e. The maximum Gasteiger partial charge on any atom is 0.266 e. The molecule has 6 nitrogen and oxygen atoms in total. The highest BCUT2D eigenvalue weighted by molar-refractivity contribution is 6.04. The van der Waals surface area contributed by atoms with Gasteiger partial charge in [0.15, 0.2) is 0 Å². The minimum Gasteiger partial charge on any atom is -0.308 e. The Morgan fingerprint density at radius 2 is 1.68 bits per heavy atom. The molecule has 0 saturated carbocycles. The minimum atomic E-state index is -0.332. The fraction of sp³-hybridized carbons (Fsp3) is 0.0833. The molecule has 0 aliphatic heterocycles. The first-order valence-corrected chi connectivity index (χ1v) is 9.77. The number of halogens is 1. The summed E-state index contributed by atoms with van der Waals surface area (Å²) in [5.41, 5.74) is 0.747. The molecule has 0 aliphatic rings. The number of benzene rings is 1. The summed E-state index contributed by atoms with van der Waals surface area (Å²) in [5, 5.41) is 1.25. The van der Waals surface area contributed by atoms with E-state index in [0.29, 0.717) is 27.5 Å². The van der Waals surface area contributed by atoms with Crippen molar-refractivity contribution in [3.8, 4) is 5.82 Å². The van der Waals surface area contributed by atoms with Gasteiger partial charge >= 0.3 is 0 Å². The average Bonchev–Trinajstić information content (AvgIpc) is 2.80. The zero-order valence-electron chi connectivity index (χ0n) is 16.6. The van der Waals surface area contributed by atoms with E-state index < -0.39 is 0 Å². The Morgan fingerprint density at radius 3 is 2.42 bits per heavy atom. The van der Waals surface area contributed by atoms with Gasteiger partial charge in [0.1, 0.15) is 11.6 Å². The van der Waals surface area contributed by atoms with Crippen LogP contribution < -0.4 is 11.1 Å². The van der Waals surface area contributed by atoms with Gasteiger partial charge in [-0.3, -0.25) is 19.1 Å². The van der Waals surface area contributed by atoms with Gasteiger partial charge in [-0.1, -0.05) is 18.2 Å². The molecule has 0 fully saturated rings. The van der Waals surface area contributed by atoms with Crippen molar-refractivity contribution >= 4 is 21.7 Å². The highest BCUT2D eigenvalue weighted by atomic mass is 19.1. The highest BCUT2D eigenvalue weighted by Crippen LogP contribution is 2.22. The molecule has 0 bridgehead atoms. The fourth-order valence-corrected chi connectivity index (χ4v) is 3.81. The van der Waals surface area contributed by atoms with Crippen LogP contribution in [0.5, 0.6) is 0 Å². The van der Waals surface area contributed by atoms with Crippen LogP contribution in [0.4, 0.5) is 4.39 Å². The van der Waals surface area contributed by atoms with Crippen molar-refractivity contribution in [2.24, 2.45) is 0 Å². The number of hydrogen-bond acceptors (Lipinski definition) is 4. The van der Waals surface area contributed by atoms with Crippen LogP contribution in [0.15, 0.2) is 89.0 Å². The van der Waals surface area contributed by atoms with Gasteiger partial charge in [0.25, 0.3) is 11.1 Å². The van der Waals surface area contributed by atoms with Crippen molar-refractivity contribution in [2.45, 2.75) is 13.0 Å². The summed E-state index contributed by atoms with van der Waals surface area (Å²) < 4.78 is 16.3. The average molecular weight is 412 g/mol. The van der Waals surface area contributed by atoms with Crippen molar-refractivity contribution in [3.63, 3.8) is 0 Å². The number of rotatable bonds is 3. The van der Waals surface area contributed by atoms with E-state index in [1.54, 1.807) is 65.6 Å². The third-order valence-electron chi connectivity index (χ3n) is 5.50. The maximum atomic E-state index is 13.3. The Kier molecular flexibility index (Phi) is 4.43. The molecule has 0 amide bonds. The molecule has 1 unspecified atom stereocenters. The third kappa shape index (κ3) is 3.11. The van der Waals surface area contributed by atoms with E-state index in [4.69, 9.17) is 0 Å². The molecule has 0 spiro atoms. The molecule has 0 aliphatic carbocycles. The fourth-order valence-electron chi connectivity index (χ4n) is 3.81. The van der Waals surface area contributed by atoms with Crippen LogP contribution in [0.25, 0.3) is 27.5 Å². The number of fused-ring (bicyclic) bond motifs is 3. The predicted molar refractivity (Wildman–Crippen MR) is 117 cm³/mol. The summed E-state index contributed by atoms with van der Waals surface area (Å²) in [7, 11) is 0. The van der Waals surface area contributed by atoms with E-state index in [9.17, 15) is 14.0 Å². The van der Waals surface area contributed by atoms with E-state index >= 15 is 0 Å². The summed E-state index contributed by atoms with van der Waals surface area (Å²) in [4.78, 5) is 35.1. The van der Waals surface area contributed by atoms with Crippen molar-refractivity contribution in [3.05, 3.63) is 111 Å². The van der Waals surface area contributed by atoms with E-state index in [2.05, 4.69) is 9.97 Å². The van der Waals surface area contributed by atoms with Crippen LogP contribution in [0, 0.1) is 5.82 Å². The molecular weight excluding hydrogens is 395 g/mol. The molecule has 152 valence electrons. The summed E-state index contributed by atoms with van der Waals surface area (Å²) >= 11 is 0. The van der Waals surface area contributed by atoms with Gasteiger partial charge in [-0.25, -0.2) is 9.37 Å². The van der Waals surface area contributed by atoms with Crippen LogP contribution in [-0.4, -0.2) is 19.1 Å². The van der Waals surface area contributed by atoms with Crippen molar-refractivity contribution in [2.75, 3.05) is 0 Å². The molecule has 1 aromatic carbocycles. The highest BCUT2D eigenvalue weighted by Gasteiger charge is 2.16. The molecule has 7 heteroatoms. The quantitative estimate of drug-likeness (QED) is 0.422. The van der Waals surface area contributed by atoms with E-state index in [1.165, 1.54) is 22.9 Å². The predicted octanol–water partition coefficient (Wildman–Crippen LogP) is 3.84. The first kappa shape index (κ1) is 18.9. The molecule has 5 aromatic rings. The van der Waals surface area contributed by atoms with Gasteiger partial charge in [0.2, 0.25) is 0 Å². The lowest BCUT2D eigenvalue weighted by Crippen LogP contribution is -2.25. The molecule has 0 N–H and O–H groups in total. The van der Waals surface area contributed by atoms with Gasteiger partial charge in [0.05, 0.1) is 22.3 Å².